The summed E-state index contributed by atoms with van der Waals surface area (Å²) in [6.45, 7) is 2.40. The van der Waals surface area contributed by atoms with E-state index in [2.05, 4.69) is 25.5 Å². The molecule has 4 rings (SSSR count). The van der Waals surface area contributed by atoms with Crippen LogP contribution in [-0.2, 0) is 12.4 Å². The van der Waals surface area contributed by atoms with E-state index < -0.39 is 23.5 Å². The number of halogens is 6. The second kappa shape index (κ2) is 10.2. The van der Waals surface area contributed by atoms with Crippen molar-refractivity contribution in [1.29, 1.82) is 0 Å². The minimum absolute atomic E-state index is 0.263. The summed E-state index contributed by atoms with van der Waals surface area (Å²) < 4.78 is 77.7. The standard InChI is InChI=1S/C25H23F6N5/c1-36(12-10-34-20-6-8-32-22-14-16(24(26,27)28)2-4-18(20)22)13-11-35-21-7-9-33-23-15-17(25(29,30)31)3-5-19(21)23/h2-9,14-15H,10-13H2,1H3,(H,32,34)(H,33,35). The third kappa shape index (κ3) is 5.96. The van der Waals surface area contributed by atoms with Gasteiger partial charge in [-0.15, -0.1) is 0 Å². The second-order valence-corrected chi connectivity index (χ2v) is 8.33. The van der Waals surface area contributed by atoms with E-state index in [9.17, 15) is 26.3 Å². The van der Waals surface area contributed by atoms with Crippen molar-refractivity contribution in [2.45, 2.75) is 12.4 Å². The third-order valence-electron chi connectivity index (χ3n) is 5.76. The average Bonchev–Trinajstić information content (AvgIpc) is 2.82. The van der Waals surface area contributed by atoms with E-state index in [0.29, 0.717) is 48.3 Å². The molecule has 0 bridgehead atoms. The van der Waals surface area contributed by atoms with Crippen LogP contribution in [0.5, 0.6) is 0 Å². The highest BCUT2D eigenvalue weighted by atomic mass is 19.4. The average molecular weight is 507 g/mol. The zero-order chi connectivity index (χ0) is 25.9. The van der Waals surface area contributed by atoms with Crippen LogP contribution in [0.3, 0.4) is 0 Å². The van der Waals surface area contributed by atoms with E-state index in [0.717, 1.165) is 24.3 Å². The van der Waals surface area contributed by atoms with Crippen molar-refractivity contribution in [3.8, 4) is 0 Å². The van der Waals surface area contributed by atoms with Gasteiger partial charge in [-0.3, -0.25) is 9.97 Å². The highest BCUT2D eigenvalue weighted by molar-refractivity contribution is 5.92. The smallest absolute Gasteiger partial charge is 0.383 e. The molecule has 0 aliphatic rings. The Morgan fingerprint density at radius 2 is 1.08 bits per heavy atom. The van der Waals surface area contributed by atoms with Gasteiger partial charge >= 0.3 is 12.4 Å². The summed E-state index contributed by atoms with van der Waals surface area (Å²) in [5, 5.41) is 7.70. The van der Waals surface area contributed by atoms with Gasteiger partial charge in [0.05, 0.1) is 22.2 Å². The lowest BCUT2D eigenvalue weighted by Gasteiger charge is -2.19. The summed E-state index contributed by atoms with van der Waals surface area (Å²) in [6.07, 6.45) is -5.92. The number of aromatic nitrogens is 2. The molecule has 0 unspecified atom stereocenters. The van der Waals surface area contributed by atoms with Gasteiger partial charge in [-0.1, -0.05) is 12.1 Å². The lowest BCUT2D eigenvalue weighted by molar-refractivity contribution is -0.138. The summed E-state index contributed by atoms with van der Waals surface area (Å²) in [5.41, 5.74) is 0.436. The zero-order valence-corrected chi connectivity index (χ0v) is 19.2. The molecule has 2 aromatic carbocycles. The van der Waals surface area contributed by atoms with E-state index >= 15 is 0 Å². The number of alkyl halides is 6. The molecule has 0 atom stereocenters. The fourth-order valence-electron chi connectivity index (χ4n) is 3.83. The van der Waals surface area contributed by atoms with Gasteiger partial charge < -0.3 is 15.5 Å². The van der Waals surface area contributed by atoms with Crippen molar-refractivity contribution < 1.29 is 26.3 Å². The molecule has 2 aromatic heterocycles. The molecule has 0 spiro atoms. The largest absolute Gasteiger partial charge is 0.416 e. The summed E-state index contributed by atoms with van der Waals surface area (Å²) in [4.78, 5) is 10.1. The molecule has 0 fully saturated rings. The van der Waals surface area contributed by atoms with Gasteiger partial charge in [0.25, 0.3) is 0 Å². The molecule has 11 heteroatoms. The van der Waals surface area contributed by atoms with E-state index in [1.54, 1.807) is 12.1 Å². The van der Waals surface area contributed by atoms with Crippen molar-refractivity contribution in [3.05, 3.63) is 72.1 Å². The molecule has 0 aliphatic carbocycles. The van der Waals surface area contributed by atoms with Crippen LogP contribution in [0, 0.1) is 0 Å². The third-order valence-corrected chi connectivity index (χ3v) is 5.76. The molecule has 0 radical (unpaired) electrons. The molecule has 5 nitrogen and oxygen atoms in total. The summed E-state index contributed by atoms with van der Waals surface area (Å²) in [5.74, 6) is 0. The number of hydrogen-bond acceptors (Lipinski definition) is 5. The molecule has 0 amide bonds. The van der Waals surface area contributed by atoms with Gasteiger partial charge in [-0.2, -0.15) is 26.3 Å². The second-order valence-electron chi connectivity index (χ2n) is 8.33. The normalized spacial score (nSPS) is 12.4. The number of nitrogens with zero attached hydrogens (tertiary/aromatic N) is 3. The Labute approximate surface area is 203 Å². The lowest BCUT2D eigenvalue weighted by atomic mass is 10.1. The van der Waals surface area contributed by atoms with Gasteiger partial charge in [0, 0.05) is 60.7 Å². The number of nitrogens with one attached hydrogen (secondary N) is 2. The quantitative estimate of drug-likeness (QED) is 0.275. The lowest BCUT2D eigenvalue weighted by Crippen LogP contribution is -2.29. The highest BCUT2D eigenvalue weighted by Gasteiger charge is 2.31. The first-order valence-electron chi connectivity index (χ1n) is 11.1. The van der Waals surface area contributed by atoms with Crippen LogP contribution in [0.15, 0.2) is 60.9 Å². The summed E-state index contributed by atoms with van der Waals surface area (Å²) in [7, 11) is 1.92. The van der Waals surface area contributed by atoms with Crippen molar-refractivity contribution in [2.24, 2.45) is 0 Å². The summed E-state index contributed by atoms with van der Waals surface area (Å²) in [6, 6.07) is 10.4. The highest BCUT2D eigenvalue weighted by Crippen LogP contribution is 2.33. The Morgan fingerprint density at radius 3 is 1.47 bits per heavy atom. The van der Waals surface area contributed by atoms with Gasteiger partial charge in [0.15, 0.2) is 0 Å². The van der Waals surface area contributed by atoms with Crippen LogP contribution >= 0.6 is 0 Å². The van der Waals surface area contributed by atoms with Gasteiger partial charge in [0.2, 0.25) is 0 Å². The zero-order valence-electron chi connectivity index (χ0n) is 19.2. The number of hydrogen-bond donors (Lipinski definition) is 2. The Kier molecular flexibility index (Phi) is 7.21. The van der Waals surface area contributed by atoms with Crippen LogP contribution in [-0.4, -0.2) is 48.1 Å². The van der Waals surface area contributed by atoms with Crippen molar-refractivity contribution in [2.75, 3.05) is 43.9 Å². The Hall–Kier alpha value is -3.60. The number of likely N-dealkylation sites (N-methyl/N-ethyl adjacent to an activating group) is 1. The first-order valence-corrected chi connectivity index (χ1v) is 11.1. The van der Waals surface area contributed by atoms with Crippen LogP contribution in [0.2, 0.25) is 0 Å². The number of rotatable bonds is 8. The Bertz CT molecular complexity index is 1250. The number of fused-ring (bicyclic) bond motifs is 2. The molecule has 2 heterocycles. The first-order chi connectivity index (χ1) is 17.0. The van der Waals surface area contributed by atoms with Gasteiger partial charge in [-0.05, 0) is 43.4 Å². The van der Waals surface area contributed by atoms with Crippen molar-refractivity contribution in [1.82, 2.24) is 14.9 Å². The van der Waals surface area contributed by atoms with Crippen LogP contribution in [0.4, 0.5) is 37.7 Å². The van der Waals surface area contributed by atoms with E-state index in [4.69, 9.17) is 0 Å². The number of pyridine rings is 2. The SMILES string of the molecule is CN(CCNc1ccnc2cc(C(F)(F)F)ccc12)CCNc1ccnc2cc(C(F)(F)F)ccc12. The molecule has 0 saturated heterocycles. The number of anilines is 2. The Balaban J connectivity index is 1.30. The minimum Gasteiger partial charge on any atom is -0.383 e. The molecule has 36 heavy (non-hydrogen) atoms. The van der Waals surface area contributed by atoms with Crippen LogP contribution in [0.25, 0.3) is 21.8 Å². The molecular formula is C25H23F6N5. The molecular weight excluding hydrogens is 484 g/mol. The Morgan fingerprint density at radius 1 is 0.667 bits per heavy atom. The first kappa shape index (κ1) is 25.5. The molecule has 0 aliphatic heterocycles. The topological polar surface area (TPSA) is 53.1 Å². The molecule has 0 saturated carbocycles. The van der Waals surface area contributed by atoms with Crippen molar-refractivity contribution >= 4 is 33.2 Å². The van der Waals surface area contributed by atoms with Crippen LogP contribution in [0.1, 0.15) is 11.1 Å². The van der Waals surface area contributed by atoms with E-state index in [-0.39, 0.29) is 11.0 Å². The van der Waals surface area contributed by atoms with Crippen LogP contribution < -0.4 is 10.6 Å². The fourth-order valence-corrected chi connectivity index (χ4v) is 3.83. The maximum atomic E-state index is 13.0. The number of benzene rings is 2. The van der Waals surface area contributed by atoms with Crippen molar-refractivity contribution in [3.63, 3.8) is 0 Å². The van der Waals surface area contributed by atoms with Gasteiger partial charge in [-0.25, -0.2) is 0 Å². The molecule has 4 aromatic rings. The predicted molar refractivity (Wildman–Crippen MR) is 128 cm³/mol. The van der Waals surface area contributed by atoms with Gasteiger partial charge in [0.1, 0.15) is 0 Å². The molecule has 190 valence electrons. The summed E-state index contributed by atoms with van der Waals surface area (Å²) >= 11 is 0. The minimum atomic E-state index is -4.43. The van der Waals surface area contributed by atoms with E-state index in [1.165, 1.54) is 24.5 Å². The predicted octanol–water partition coefficient (Wildman–Crippen LogP) is 6.28. The fraction of sp³-hybridized carbons (Fsp3) is 0.280. The maximum absolute atomic E-state index is 13.0. The van der Waals surface area contributed by atoms with E-state index in [1.807, 2.05) is 7.05 Å². The maximum Gasteiger partial charge on any atom is 0.416 e. The molecule has 2 N–H and O–H groups in total. The monoisotopic (exact) mass is 507 g/mol.